The summed E-state index contributed by atoms with van der Waals surface area (Å²) in [6.07, 6.45) is -4.52. The van der Waals surface area contributed by atoms with Crippen LogP contribution in [0.25, 0.3) is 0 Å². The lowest BCUT2D eigenvalue weighted by molar-refractivity contribution is -0.0927. The maximum Gasteiger partial charge on any atom is 0.432 e. The van der Waals surface area contributed by atoms with Crippen LogP contribution in [0.2, 0.25) is 0 Å². The summed E-state index contributed by atoms with van der Waals surface area (Å²) in [6.45, 7) is 0. The molecular formula is C5H6ClF3N2O2S. The summed E-state index contributed by atoms with van der Waals surface area (Å²) in [5.41, 5.74) is 2.77. The highest BCUT2D eigenvalue weighted by molar-refractivity contribution is 8.17. The van der Waals surface area contributed by atoms with Crippen molar-refractivity contribution in [2.45, 2.75) is 6.18 Å². The normalized spacial score (nSPS) is 15.8. The van der Waals surface area contributed by atoms with Crippen molar-refractivity contribution in [1.29, 1.82) is 0 Å². The first-order valence-corrected chi connectivity index (χ1v) is 5.35. The standard InChI is InChI=1S/C5H6ClF3N2O2S/c1-11-2-3(14(6,12)13)4(10)5(7,8)9/h2H,10H2,1H3. The van der Waals surface area contributed by atoms with E-state index < -0.39 is 25.8 Å². The molecule has 0 saturated carbocycles. The van der Waals surface area contributed by atoms with Crippen molar-refractivity contribution in [1.82, 2.24) is 0 Å². The Morgan fingerprint density at radius 1 is 1.50 bits per heavy atom. The fraction of sp³-hybridized carbons (Fsp3) is 0.400. The molecule has 0 rings (SSSR count). The summed E-state index contributed by atoms with van der Waals surface area (Å²) >= 11 is 0. The van der Waals surface area contributed by atoms with E-state index in [1.54, 1.807) is 0 Å². The van der Waals surface area contributed by atoms with E-state index in [9.17, 15) is 21.6 Å². The highest BCUT2D eigenvalue weighted by atomic mass is 35.7. The van der Waals surface area contributed by atoms with Crippen molar-refractivity contribution in [3.63, 3.8) is 0 Å². The average molecular weight is 251 g/mol. The van der Waals surface area contributed by atoms with E-state index >= 15 is 0 Å². The number of hydrogen-bond acceptors (Lipinski definition) is 4. The molecule has 82 valence electrons. The molecule has 0 radical (unpaired) electrons. The summed E-state index contributed by atoms with van der Waals surface area (Å²) in [5.74, 6) is 0. The lowest BCUT2D eigenvalue weighted by Gasteiger charge is -2.08. The van der Waals surface area contributed by atoms with Crippen molar-refractivity contribution in [2.75, 3.05) is 7.05 Å². The Labute approximate surface area is 82.7 Å². The average Bonchev–Trinajstić information content (AvgIpc) is 1.94. The van der Waals surface area contributed by atoms with E-state index in [1.165, 1.54) is 0 Å². The van der Waals surface area contributed by atoms with Crippen LogP contribution in [0.4, 0.5) is 13.2 Å². The van der Waals surface area contributed by atoms with Gasteiger partial charge in [-0.2, -0.15) is 13.2 Å². The number of nitrogens with zero attached hydrogens (tertiary/aromatic N) is 1. The Hall–Kier alpha value is -0.760. The molecule has 0 unspecified atom stereocenters. The minimum atomic E-state index is -4.96. The van der Waals surface area contributed by atoms with E-state index in [4.69, 9.17) is 10.7 Å². The number of halogens is 4. The number of rotatable bonds is 2. The van der Waals surface area contributed by atoms with E-state index in [2.05, 4.69) is 10.7 Å². The van der Waals surface area contributed by atoms with Crippen LogP contribution >= 0.6 is 10.7 Å². The Morgan fingerprint density at radius 2 is 1.93 bits per heavy atom. The molecule has 0 aromatic heterocycles. The van der Waals surface area contributed by atoms with Crippen molar-refractivity contribution < 1.29 is 21.6 Å². The fourth-order valence-corrected chi connectivity index (χ4v) is 1.50. The Kier molecular flexibility index (Phi) is 3.95. The van der Waals surface area contributed by atoms with Gasteiger partial charge in [-0.05, 0) is 0 Å². The highest BCUT2D eigenvalue weighted by Crippen LogP contribution is 2.26. The summed E-state index contributed by atoms with van der Waals surface area (Å²) in [4.78, 5) is 1.86. The first kappa shape index (κ1) is 13.2. The minimum absolute atomic E-state index is 0.436. The maximum atomic E-state index is 12.0. The van der Waals surface area contributed by atoms with Crippen LogP contribution in [-0.2, 0) is 9.05 Å². The van der Waals surface area contributed by atoms with Crippen LogP contribution < -0.4 is 5.73 Å². The van der Waals surface area contributed by atoms with Crippen molar-refractivity contribution in [3.8, 4) is 0 Å². The van der Waals surface area contributed by atoms with Crippen LogP contribution in [0.5, 0.6) is 0 Å². The molecule has 0 spiro atoms. The molecule has 4 nitrogen and oxygen atoms in total. The van der Waals surface area contributed by atoms with Crippen molar-refractivity contribution in [2.24, 2.45) is 10.7 Å². The number of aliphatic imine (C=N–C) groups is 1. The molecule has 0 aliphatic carbocycles. The van der Waals surface area contributed by atoms with Gasteiger partial charge in [0.05, 0.1) is 0 Å². The third-order valence-corrected chi connectivity index (χ3v) is 2.43. The molecule has 14 heavy (non-hydrogen) atoms. The second-order valence-electron chi connectivity index (χ2n) is 2.10. The lowest BCUT2D eigenvalue weighted by Crippen LogP contribution is -2.24. The molecule has 0 saturated heterocycles. The quantitative estimate of drug-likeness (QED) is 0.587. The summed E-state index contributed by atoms with van der Waals surface area (Å²) < 4.78 is 57.2. The molecule has 0 aromatic carbocycles. The second kappa shape index (κ2) is 4.18. The van der Waals surface area contributed by atoms with Gasteiger partial charge < -0.3 is 5.73 Å². The number of nitrogens with two attached hydrogens (primary N) is 1. The molecule has 9 heteroatoms. The van der Waals surface area contributed by atoms with Gasteiger partial charge in [-0.25, -0.2) is 8.42 Å². The van der Waals surface area contributed by atoms with E-state index in [0.717, 1.165) is 7.05 Å². The maximum absolute atomic E-state index is 12.0. The van der Waals surface area contributed by atoms with E-state index in [-0.39, 0.29) is 0 Å². The van der Waals surface area contributed by atoms with Gasteiger partial charge in [0.25, 0.3) is 9.05 Å². The Balaban J connectivity index is 5.65. The highest BCUT2D eigenvalue weighted by Gasteiger charge is 2.37. The van der Waals surface area contributed by atoms with Crippen LogP contribution in [0.3, 0.4) is 0 Å². The zero-order chi connectivity index (χ0) is 11.6. The smallest absolute Gasteiger partial charge is 0.394 e. The van der Waals surface area contributed by atoms with Gasteiger partial charge >= 0.3 is 6.18 Å². The van der Waals surface area contributed by atoms with Crippen LogP contribution in [0.1, 0.15) is 0 Å². The lowest BCUT2D eigenvalue weighted by atomic mass is 10.4. The Morgan fingerprint density at radius 3 is 2.14 bits per heavy atom. The van der Waals surface area contributed by atoms with E-state index in [0.29, 0.717) is 6.21 Å². The van der Waals surface area contributed by atoms with Crippen LogP contribution in [0.15, 0.2) is 15.6 Å². The molecule has 0 atom stereocenters. The first-order chi connectivity index (χ1) is 6.10. The van der Waals surface area contributed by atoms with E-state index in [1.807, 2.05) is 0 Å². The predicted molar refractivity (Wildman–Crippen MR) is 46.5 cm³/mol. The molecule has 0 amide bonds. The van der Waals surface area contributed by atoms with Crippen LogP contribution in [0, 0.1) is 0 Å². The van der Waals surface area contributed by atoms with Gasteiger partial charge in [0.1, 0.15) is 10.6 Å². The van der Waals surface area contributed by atoms with Gasteiger partial charge in [0.2, 0.25) is 0 Å². The number of allylic oxidation sites excluding steroid dienone is 2. The predicted octanol–water partition coefficient (Wildman–Crippen LogP) is 0.988. The number of alkyl halides is 3. The van der Waals surface area contributed by atoms with Crippen LogP contribution in [-0.4, -0.2) is 27.9 Å². The third-order valence-electron chi connectivity index (χ3n) is 1.08. The van der Waals surface area contributed by atoms with Gasteiger partial charge in [-0.15, -0.1) is 0 Å². The summed E-state index contributed by atoms with van der Waals surface area (Å²) in [7, 11) is 1.26. The SMILES string of the molecule is CN=CC(=C(N)C(F)(F)F)S(=O)(=O)Cl. The summed E-state index contributed by atoms with van der Waals surface area (Å²) in [5, 5.41) is 0. The second-order valence-corrected chi connectivity index (χ2v) is 4.64. The number of hydrogen-bond donors (Lipinski definition) is 1. The van der Waals surface area contributed by atoms with Gasteiger partial charge in [0.15, 0.2) is 0 Å². The largest absolute Gasteiger partial charge is 0.432 e. The topological polar surface area (TPSA) is 72.5 Å². The monoisotopic (exact) mass is 250 g/mol. The molecule has 0 heterocycles. The zero-order valence-corrected chi connectivity index (χ0v) is 8.41. The molecular weight excluding hydrogens is 245 g/mol. The minimum Gasteiger partial charge on any atom is -0.394 e. The molecule has 2 N–H and O–H groups in total. The van der Waals surface area contributed by atoms with Crippen molar-refractivity contribution in [3.05, 3.63) is 10.6 Å². The first-order valence-electron chi connectivity index (χ1n) is 3.04. The summed E-state index contributed by atoms with van der Waals surface area (Å²) in [6, 6.07) is 0. The van der Waals surface area contributed by atoms with Gasteiger partial charge in [-0.3, -0.25) is 4.99 Å². The van der Waals surface area contributed by atoms with Gasteiger partial charge in [0, 0.05) is 23.9 Å². The van der Waals surface area contributed by atoms with Crippen molar-refractivity contribution >= 4 is 25.9 Å². The Bertz CT molecular complexity index is 371. The zero-order valence-electron chi connectivity index (χ0n) is 6.84. The molecule has 0 bridgehead atoms. The molecule has 0 aliphatic rings. The molecule has 0 fully saturated rings. The fourth-order valence-electron chi connectivity index (χ4n) is 0.521. The molecule has 0 aliphatic heterocycles. The van der Waals surface area contributed by atoms with Gasteiger partial charge in [-0.1, -0.05) is 0 Å². The molecule has 0 aromatic rings. The third kappa shape index (κ3) is 3.54.